The number of nitrogens with two attached hydrogens (primary N) is 1. The predicted molar refractivity (Wildman–Crippen MR) is 126 cm³/mol. The summed E-state index contributed by atoms with van der Waals surface area (Å²) in [5.74, 6) is 2.40. The van der Waals surface area contributed by atoms with Crippen molar-refractivity contribution in [2.45, 2.75) is 0 Å². The molecular formula is C21H17Cl2FN6S. The SMILES string of the molecule is Nc1c2c(-c3ccc(F)c(Cl)c3)nc(N3CCSCC3)nc2nn1-c1ccccc1Cl. The summed E-state index contributed by atoms with van der Waals surface area (Å²) in [7, 11) is 0. The number of aromatic nitrogens is 4. The van der Waals surface area contributed by atoms with E-state index in [0.29, 0.717) is 44.8 Å². The molecule has 0 bridgehead atoms. The molecule has 0 radical (unpaired) electrons. The van der Waals surface area contributed by atoms with Gasteiger partial charge in [-0.2, -0.15) is 16.7 Å². The number of para-hydroxylation sites is 1. The summed E-state index contributed by atoms with van der Waals surface area (Å²) in [6.45, 7) is 1.67. The molecule has 158 valence electrons. The number of rotatable bonds is 3. The third kappa shape index (κ3) is 3.69. The highest BCUT2D eigenvalue weighted by Gasteiger charge is 2.23. The number of benzene rings is 2. The molecule has 4 aromatic rings. The van der Waals surface area contributed by atoms with E-state index >= 15 is 0 Å². The highest BCUT2D eigenvalue weighted by molar-refractivity contribution is 7.99. The second-order valence-electron chi connectivity index (χ2n) is 7.05. The van der Waals surface area contributed by atoms with Gasteiger partial charge in [0.05, 0.1) is 26.8 Å². The van der Waals surface area contributed by atoms with E-state index in [1.54, 1.807) is 22.9 Å². The first-order chi connectivity index (χ1) is 15.0. The molecule has 1 fully saturated rings. The summed E-state index contributed by atoms with van der Waals surface area (Å²) >= 11 is 14.3. The molecule has 2 aromatic carbocycles. The lowest BCUT2D eigenvalue weighted by molar-refractivity contribution is 0.628. The number of nitrogen functional groups attached to an aromatic ring is 1. The maximum Gasteiger partial charge on any atom is 0.228 e. The van der Waals surface area contributed by atoms with Crippen molar-refractivity contribution < 1.29 is 4.39 Å². The van der Waals surface area contributed by atoms with Crippen molar-refractivity contribution in [3.05, 3.63) is 58.3 Å². The summed E-state index contributed by atoms with van der Waals surface area (Å²) < 4.78 is 15.4. The summed E-state index contributed by atoms with van der Waals surface area (Å²) in [5, 5.41) is 5.73. The van der Waals surface area contributed by atoms with Crippen molar-refractivity contribution in [3.8, 4) is 16.9 Å². The van der Waals surface area contributed by atoms with Gasteiger partial charge in [0, 0.05) is 30.2 Å². The number of anilines is 2. The Kier molecular flexibility index (Phi) is 5.37. The lowest BCUT2D eigenvalue weighted by atomic mass is 10.1. The lowest BCUT2D eigenvalue weighted by Crippen LogP contribution is -2.33. The van der Waals surface area contributed by atoms with Gasteiger partial charge in [-0.15, -0.1) is 5.10 Å². The largest absolute Gasteiger partial charge is 0.383 e. The zero-order valence-electron chi connectivity index (χ0n) is 16.2. The molecule has 31 heavy (non-hydrogen) atoms. The molecule has 2 aromatic heterocycles. The predicted octanol–water partition coefficient (Wildman–Crippen LogP) is 5.06. The average Bonchev–Trinajstić information content (AvgIpc) is 3.12. The van der Waals surface area contributed by atoms with E-state index in [-0.39, 0.29) is 5.02 Å². The second kappa shape index (κ2) is 8.18. The van der Waals surface area contributed by atoms with Crippen LogP contribution in [-0.2, 0) is 0 Å². The Morgan fingerprint density at radius 3 is 2.52 bits per heavy atom. The summed E-state index contributed by atoms with van der Waals surface area (Å²) in [4.78, 5) is 11.6. The van der Waals surface area contributed by atoms with E-state index in [0.717, 1.165) is 24.6 Å². The van der Waals surface area contributed by atoms with Gasteiger partial charge in [0.1, 0.15) is 11.6 Å². The van der Waals surface area contributed by atoms with Crippen LogP contribution in [0.3, 0.4) is 0 Å². The molecule has 3 heterocycles. The number of nitrogens with zero attached hydrogens (tertiary/aromatic N) is 5. The maximum atomic E-state index is 13.8. The molecule has 0 atom stereocenters. The molecule has 0 unspecified atom stereocenters. The molecule has 1 saturated heterocycles. The quantitative estimate of drug-likeness (QED) is 0.447. The van der Waals surface area contributed by atoms with Gasteiger partial charge in [-0.25, -0.2) is 14.1 Å². The molecule has 0 spiro atoms. The van der Waals surface area contributed by atoms with Gasteiger partial charge >= 0.3 is 0 Å². The molecule has 1 aliphatic heterocycles. The average molecular weight is 475 g/mol. The zero-order chi connectivity index (χ0) is 21.5. The minimum atomic E-state index is -0.497. The smallest absolute Gasteiger partial charge is 0.228 e. The molecule has 0 saturated carbocycles. The third-order valence-electron chi connectivity index (χ3n) is 5.12. The minimum Gasteiger partial charge on any atom is -0.383 e. The Bertz CT molecular complexity index is 1290. The number of hydrogen-bond acceptors (Lipinski definition) is 6. The van der Waals surface area contributed by atoms with Crippen molar-refractivity contribution in [2.24, 2.45) is 0 Å². The highest BCUT2D eigenvalue weighted by Crippen LogP contribution is 2.36. The molecule has 5 rings (SSSR count). The molecular weight excluding hydrogens is 458 g/mol. The maximum absolute atomic E-state index is 13.8. The molecule has 0 aliphatic carbocycles. The second-order valence-corrected chi connectivity index (χ2v) is 9.09. The van der Waals surface area contributed by atoms with Crippen molar-refractivity contribution >= 4 is 57.8 Å². The molecule has 0 amide bonds. The standard InChI is InChI=1S/C21H17Cl2FN6S/c22-13-3-1-2-4-16(13)30-19(25)17-18(12-5-6-15(24)14(23)11-12)26-21(27-20(17)28-30)29-7-9-31-10-8-29/h1-6,11H,7-10,25H2. The molecule has 10 heteroatoms. The van der Waals surface area contributed by atoms with Crippen LogP contribution in [0, 0.1) is 5.82 Å². The van der Waals surface area contributed by atoms with Gasteiger partial charge in [0.2, 0.25) is 5.95 Å². The van der Waals surface area contributed by atoms with E-state index in [4.69, 9.17) is 38.9 Å². The van der Waals surface area contributed by atoms with Crippen molar-refractivity contribution in [1.82, 2.24) is 19.7 Å². The van der Waals surface area contributed by atoms with Crippen LogP contribution in [0.5, 0.6) is 0 Å². The fourth-order valence-electron chi connectivity index (χ4n) is 3.56. The summed E-state index contributed by atoms with van der Waals surface area (Å²) in [6.07, 6.45) is 0. The van der Waals surface area contributed by atoms with E-state index in [1.165, 1.54) is 6.07 Å². The Morgan fingerprint density at radius 2 is 1.77 bits per heavy atom. The molecule has 2 N–H and O–H groups in total. The van der Waals surface area contributed by atoms with Gasteiger partial charge in [0.15, 0.2) is 5.65 Å². The van der Waals surface area contributed by atoms with Crippen LogP contribution >= 0.6 is 35.0 Å². The summed E-state index contributed by atoms with van der Waals surface area (Å²) in [6, 6.07) is 11.8. The van der Waals surface area contributed by atoms with E-state index in [9.17, 15) is 4.39 Å². The van der Waals surface area contributed by atoms with Crippen LogP contribution in [-0.4, -0.2) is 44.3 Å². The first-order valence-electron chi connectivity index (χ1n) is 9.62. The van der Waals surface area contributed by atoms with Crippen LogP contribution in [0.4, 0.5) is 16.2 Å². The van der Waals surface area contributed by atoms with Gasteiger partial charge in [-0.1, -0.05) is 35.3 Å². The van der Waals surface area contributed by atoms with E-state index in [2.05, 4.69) is 10.00 Å². The Labute approximate surface area is 192 Å². The van der Waals surface area contributed by atoms with Gasteiger partial charge in [0.25, 0.3) is 0 Å². The molecule has 6 nitrogen and oxygen atoms in total. The first kappa shape index (κ1) is 20.4. The normalized spacial score (nSPS) is 14.4. The number of hydrogen-bond donors (Lipinski definition) is 1. The Balaban J connectivity index is 1.77. The monoisotopic (exact) mass is 474 g/mol. The van der Waals surface area contributed by atoms with Crippen LogP contribution in [0.2, 0.25) is 10.0 Å². The first-order valence-corrected chi connectivity index (χ1v) is 11.5. The lowest BCUT2D eigenvalue weighted by Gasteiger charge is -2.26. The van der Waals surface area contributed by atoms with Gasteiger partial charge < -0.3 is 10.6 Å². The van der Waals surface area contributed by atoms with Crippen molar-refractivity contribution in [3.63, 3.8) is 0 Å². The van der Waals surface area contributed by atoms with Crippen LogP contribution in [0.25, 0.3) is 28.0 Å². The van der Waals surface area contributed by atoms with Gasteiger partial charge in [-0.05, 0) is 30.3 Å². The van der Waals surface area contributed by atoms with Crippen molar-refractivity contribution in [2.75, 3.05) is 35.2 Å². The van der Waals surface area contributed by atoms with E-state index in [1.807, 2.05) is 30.0 Å². The molecule has 1 aliphatic rings. The number of fused-ring (bicyclic) bond motifs is 1. The minimum absolute atomic E-state index is 0.0113. The van der Waals surface area contributed by atoms with Crippen LogP contribution in [0.1, 0.15) is 0 Å². The van der Waals surface area contributed by atoms with Gasteiger partial charge in [-0.3, -0.25) is 0 Å². The Morgan fingerprint density at radius 1 is 1.00 bits per heavy atom. The third-order valence-corrected chi connectivity index (χ3v) is 6.68. The summed E-state index contributed by atoms with van der Waals surface area (Å²) in [5.41, 5.74) is 8.78. The Hall–Kier alpha value is -2.55. The fourth-order valence-corrected chi connectivity index (χ4v) is 4.86. The zero-order valence-corrected chi connectivity index (χ0v) is 18.6. The van der Waals surface area contributed by atoms with Crippen LogP contribution in [0.15, 0.2) is 42.5 Å². The number of thioether (sulfide) groups is 1. The van der Waals surface area contributed by atoms with E-state index < -0.39 is 5.82 Å². The highest BCUT2D eigenvalue weighted by atomic mass is 35.5. The van der Waals surface area contributed by atoms with Crippen molar-refractivity contribution in [1.29, 1.82) is 0 Å². The van der Waals surface area contributed by atoms with Crippen LogP contribution < -0.4 is 10.6 Å². The number of halogens is 3. The topological polar surface area (TPSA) is 72.9 Å². The fraction of sp³-hybridized carbons (Fsp3) is 0.190.